The van der Waals surface area contributed by atoms with Crippen LogP contribution < -0.4 is 5.73 Å². The second-order valence-electron chi connectivity index (χ2n) is 3.91. The number of amides is 1. The molecule has 3 nitrogen and oxygen atoms in total. The zero-order chi connectivity index (χ0) is 13.1. The Kier molecular flexibility index (Phi) is 3.63. The first-order valence-electron chi connectivity index (χ1n) is 5.67. The van der Waals surface area contributed by atoms with Gasteiger partial charge in [-0.05, 0) is 30.2 Å². The van der Waals surface area contributed by atoms with Gasteiger partial charge in [0, 0.05) is 17.5 Å². The Morgan fingerprint density at radius 3 is 2.83 bits per heavy atom. The Bertz CT molecular complexity index is 596. The molecule has 0 spiro atoms. The predicted molar refractivity (Wildman–Crippen MR) is 72.6 cm³/mol. The van der Waals surface area contributed by atoms with Gasteiger partial charge in [-0.15, -0.1) is 0 Å². The van der Waals surface area contributed by atoms with Crippen LogP contribution in [0.5, 0.6) is 0 Å². The molecule has 2 rings (SSSR count). The van der Waals surface area contributed by atoms with E-state index in [-0.39, 0.29) is 0 Å². The molecule has 92 valence electrons. The lowest BCUT2D eigenvalue weighted by Gasteiger charge is -2.08. The van der Waals surface area contributed by atoms with Gasteiger partial charge in [-0.2, -0.15) is 0 Å². The molecule has 18 heavy (non-hydrogen) atoms. The third-order valence-corrected chi connectivity index (χ3v) is 3.10. The molecule has 0 unspecified atom stereocenters. The van der Waals surface area contributed by atoms with Crippen LogP contribution in [0.3, 0.4) is 0 Å². The van der Waals surface area contributed by atoms with E-state index < -0.39 is 5.91 Å². The summed E-state index contributed by atoms with van der Waals surface area (Å²) in [5.41, 5.74) is 8.51. The monoisotopic (exact) mass is 260 g/mol. The van der Waals surface area contributed by atoms with Gasteiger partial charge in [0.25, 0.3) is 0 Å². The van der Waals surface area contributed by atoms with E-state index >= 15 is 0 Å². The Hall–Kier alpha value is -1.87. The van der Waals surface area contributed by atoms with Crippen molar-refractivity contribution in [2.24, 2.45) is 5.73 Å². The summed E-state index contributed by atoms with van der Waals surface area (Å²) in [6, 6.07) is 9.10. The van der Waals surface area contributed by atoms with Crippen LogP contribution in [0.4, 0.5) is 0 Å². The van der Waals surface area contributed by atoms with Crippen LogP contribution >= 0.6 is 11.6 Å². The van der Waals surface area contributed by atoms with E-state index in [1.54, 1.807) is 18.3 Å². The van der Waals surface area contributed by atoms with Gasteiger partial charge in [0.2, 0.25) is 5.91 Å². The molecular weight excluding hydrogens is 248 g/mol. The Morgan fingerprint density at radius 2 is 2.17 bits per heavy atom. The van der Waals surface area contributed by atoms with E-state index in [0.717, 1.165) is 23.2 Å². The van der Waals surface area contributed by atoms with Crippen molar-refractivity contribution in [2.45, 2.75) is 13.3 Å². The number of benzene rings is 1. The molecule has 0 atom stereocenters. The predicted octanol–water partition coefficient (Wildman–Crippen LogP) is 3.06. The lowest BCUT2D eigenvalue weighted by molar-refractivity contribution is 0.100. The first-order valence-corrected chi connectivity index (χ1v) is 6.05. The summed E-state index contributed by atoms with van der Waals surface area (Å²) in [7, 11) is 0. The lowest BCUT2D eigenvalue weighted by atomic mass is 10.0. The zero-order valence-electron chi connectivity index (χ0n) is 9.98. The first-order chi connectivity index (χ1) is 8.63. The summed E-state index contributed by atoms with van der Waals surface area (Å²) in [5.74, 6) is -0.524. The molecule has 0 bridgehead atoms. The van der Waals surface area contributed by atoms with E-state index in [9.17, 15) is 4.79 Å². The lowest BCUT2D eigenvalue weighted by Crippen LogP contribution is -2.11. The number of hydrogen-bond acceptors (Lipinski definition) is 2. The molecule has 0 aliphatic heterocycles. The van der Waals surface area contributed by atoms with Crippen molar-refractivity contribution >= 4 is 17.5 Å². The van der Waals surface area contributed by atoms with Crippen LogP contribution in [0.15, 0.2) is 36.5 Å². The van der Waals surface area contributed by atoms with E-state index in [1.807, 2.05) is 25.1 Å². The number of primary amides is 1. The van der Waals surface area contributed by atoms with E-state index in [4.69, 9.17) is 17.3 Å². The standard InChI is InChI=1S/C14H13ClN2O/c1-2-13-10(4-3-7-17-13)9-5-6-12(15)11(8-9)14(16)18/h3-8H,2H2,1H3,(H2,16,18). The van der Waals surface area contributed by atoms with Crippen molar-refractivity contribution in [1.82, 2.24) is 4.98 Å². The summed E-state index contributed by atoms with van der Waals surface area (Å²) in [5, 5.41) is 0.369. The zero-order valence-corrected chi connectivity index (χ0v) is 10.7. The van der Waals surface area contributed by atoms with Crippen molar-refractivity contribution in [3.05, 3.63) is 52.8 Å². The molecule has 0 radical (unpaired) electrons. The second kappa shape index (κ2) is 5.19. The molecule has 0 aliphatic carbocycles. The maximum absolute atomic E-state index is 11.3. The third kappa shape index (κ3) is 2.36. The fraction of sp³-hybridized carbons (Fsp3) is 0.143. The van der Waals surface area contributed by atoms with Crippen molar-refractivity contribution in [3.8, 4) is 11.1 Å². The van der Waals surface area contributed by atoms with Crippen LogP contribution in [0, 0.1) is 0 Å². The highest BCUT2D eigenvalue weighted by atomic mass is 35.5. The topological polar surface area (TPSA) is 56.0 Å². The van der Waals surface area contributed by atoms with Gasteiger partial charge in [0.1, 0.15) is 0 Å². The summed E-state index contributed by atoms with van der Waals surface area (Å²) in [4.78, 5) is 15.6. The average Bonchev–Trinajstić information content (AvgIpc) is 2.39. The molecule has 0 saturated heterocycles. The summed E-state index contributed by atoms with van der Waals surface area (Å²) in [6.45, 7) is 2.04. The smallest absolute Gasteiger partial charge is 0.250 e. The minimum atomic E-state index is -0.524. The highest BCUT2D eigenvalue weighted by Gasteiger charge is 2.10. The number of nitrogens with zero attached hydrogens (tertiary/aromatic N) is 1. The number of hydrogen-bond donors (Lipinski definition) is 1. The Labute approximate surface area is 111 Å². The number of carbonyl (C=O) groups is 1. The molecule has 1 amide bonds. The van der Waals surface area contributed by atoms with Gasteiger partial charge in [-0.3, -0.25) is 9.78 Å². The summed E-state index contributed by atoms with van der Waals surface area (Å²) < 4.78 is 0. The molecular formula is C14H13ClN2O. The number of aryl methyl sites for hydroxylation is 1. The maximum Gasteiger partial charge on any atom is 0.250 e. The van der Waals surface area contributed by atoms with Gasteiger partial charge < -0.3 is 5.73 Å². The van der Waals surface area contributed by atoms with Crippen LogP contribution in [0.1, 0.15) is 23.0 Å². The Balaban J connectivity index is 2.58. The number of nitrogens with two attached hydrogens (primary N) is 1. The number of pyridine rings is 1. The highest BCUT2D eigenvalue weighted by Crippen LogP contribution is 2.27. The highest BCUT2D eigenvalue weighted by molar-refractivity contribution is 6.33. The van der Waals surface area contributed by atoms with Crippen molar-refractivity contribution < 1.29 is 4.79 Å². The minimum absolute atomic E-state index is 0.333. The normalized spacial score (nSPS) is 10.3. The Morgan fingerprint density at radius 1 is 1.39 bits per heavy atom. The molecule has 2 aromatic rings. The average molecular weight is 261 g/mol. The number of carbonyl (C=O) groups excluding carboxylic acids is 1. The van der Waals surface area contributed by atoms with Gasteiger partial charge >= 0.3 is 0 Å². The van der Waals surface area contributed by atoms with Crippen molar-refractivity contribution in [3.63, 3.8) is 0 Å². The van der Waals surface area contributed by atoms with Crippen LogP contribution in [0.2, 0.25) is 5.02 Å². The quantitative estimate of drug-likeness (QED) is 0.922. The van der Waals surface area contributed by atoms with E-state index in [1.165, 1.54) is 0 Å². The second-order valence-corrected chi connectivity index (χ2v) is 4.32. The molecule has 1 heterocycles. The van der Waals surface area contributed by atoms with Crippen LogP contribution in [-0.2, 0) is 6.42 Å². The minimum Gasteiger partial charge on any atom is -0.366 e. The van der Waals surface area contributed by atoms with Gasteiger partial charge in [-0.1, -0.05) is 30.7 Å². The molecule has 2 N–H and O–H groups in total. The first kappa shape index (κ1) is 12.6. The molecule has 1 aromatic heterocycles. The summed E-state index contributed by atoms with van der Waals surface area (Å²) >= 11 is 5.94. The fourth-order valence-electron chi connectivity index (χ4n) is 1.86. The largest absolute Gasteiger partial charge is 0.366 e. The third-order valence-electron chi connectivity index (χ3n) is 2.77. The SMILES string of the molecule is CCc1ncccc1-c1ccc(Cl)c(C(N)=O)c1. The molecule has 0 saturated carbocycles. The van der Waals surface area contributed by atoms with Gasteiger partial charge in [-0.25, -0.2) is 0 Å². The van der Waals surface area contributed by atoms with Gasteiger partial charge in [0.05, 0.1) is 10.6 Å². The van der Waals surface area contributed by atoms with E-state index in [2.05, 4.69) is 4.98 Å². The number of rotatable bonds is 3. The molecule has 1 aromatic carbocycles. The van der Waals surface area contributed by atoms with Crippen molar-refractivity contribution in [2.75, 3.05) is 0 Å². The van der Waals surface area contributed by atoms with Crippen LogP contribution in [-0.4, -0.2) is 10.9 Å². The summed E-state index contributed by atoms with van der Waals surface area (Å²) in [6.07, 6.45) is 2.58. The molecule has 4 heteroatoms. The maximum atomic E-state index is 11.3. The van der Waals surface area contributed by atoms with Crippen molar-refractivity contribution in [1.29, 1.82) is 0 Å². The molecule has 0 aliphatic rings. The van der Waals surface area contributed by atoms with Gasteiger partial charge in [0.15, 0.2) is 0 Å². The van der Waals surface area contributed by atoms with Crippen LogP contribution in [0.25, 0.3) is 11.1 Å². The van der Waals surface area contributed by atoms with E-state index in [0.29, 0.717) is 10.6 Å². The number of aromatic nitrogens is 1. The molecule has 0 fully saturated rings. The fourth-order valence-corrected chi connectivity index (χ4v) is 2.07. The number of halogens is 1.